The van der Waals surface area contributed by atoms with Crippen LogP contribution in [0.2, 0.25) is 0 Å². The second-order valence-electron chi connectivity index (χ2n) is 3.70. The van der Waals surface area contributed by atoms with Crippen molar-refractivity contribution in [3.05, 3.63) is 16.3 Å². The molecule has 0 atom stereocenters. The van der Waals surface area contributed by atoms with E-state index < -0.39 is 10.1 Å². The smallest absolute Gasteiger partial charge is 0.268 e. The lowest BCUT2D eigenvalue weighted by Crippen LogP contribution is -2.12. The van der Waals surface area contributed by atoms with Gasteiger partial charge in [0.15, 0.2) is 0 Å². The van der Waals surface area contributed by atoms with Crippen LogP contribution in [-0.2, 0) is 10.1 Å². The molecule has 0 fully saturated rings. The average Bonchev–Trinajstić information content (AvgIpc) is 2.65. The van der Waals surface area contributed by atoms with E-state index in [1.54, 1.807) is 5.38 Å². The van der Waals surface area contributed by atoms with E-state index >= 15 is 0 Å². The van der Waals surface area contributed by atoms with Crippen molar-refractivity contribution in [1.82, 2.24) is 0 Å². The van der Waals surface area contributed by atoms with Crippen LogP contribution in [0.1, 0.15) is 25.3 Å². The van der Waals surface area contributed by atoms with Gasteiger partial charge in [-0.25, -0.2) is 0 Å². The molecule has 0 spiro atoms. The highest BCUT2D eigenvalue weighted by Crippen LogP contribution is 2.21. The highest BCUT2D eigenvalue weighted by Gasteiger charge is 2.05. The zero-order valence-corrected chi connectivity index (χ0v) is 12.4. The van der Waals surface area contributed by atoms with Crippen molar-refractivity contribution in [2.24, 2.45) is 5.73 Å². The minimum Gasteiger partial charge on any atom is -0.491 e. The van der Waals surface area contributed by atoms with Crippen LogP contribution in [0.5, 0.6) is 5.75 Å². The van der Waals surface area contributed by atoms with Crippen LogP contribution in [0.3, 0.4) is 0 Å². The average molecular weight is 295 g/mol. The molecule has 1 heterocycles. The first-order chi connectivity index (χ1) is 8.40. The van der Waals surface area contributed by atoms with E-state index in [-0.39, 0.29) is 12.4 Å². The van der Waals surface area contributed by atoms with E-state index in [2.05, 4.69) is 6.92 Å². The summed E-state index contributed by atoms with van der Waals surface area (Å²) in [5.41, 5.74) is 6.11. The summed E-state index contributed by atoms with van der Waals surface area (Å²) < 4.78 is 34.2. The SMILES string of the molecule is CCCCN.Cc1cscc1OCCS(=O)(=O)O. The second kappa shape index (κ2) is 9.32. The molecule has 0 aliphatic carbocycles. The molecule has 0 radical (unpaired) electrons. The van der Waals surface area contributed by atoms with Gasteiger partial charge in [-0.05, 0) is 25.3 Å². The van der Waals surface area contributed by atoms with Crippen LogP contribution >= 0.6 is 11.3 Å². The minimum atomic E-state index is -3.91. The van der Waals surface area contributed by atoms with Gasteiger partial charge in [0.05, 0.1) is 0 Å². The van der Waals surface area contributed by atoms with E-state index in [1.807, 2.05) is 12.3 Å². The van der Waals surface area contributed by atoms with Gasteiger partial charge in [-0.3, -0.25) is 4.55 Å². The zero-order chi connectivity index (χ0) is 14.0. The van der Waals surface area contributed by atoms with Gasteiger partial charge in [-0.1, -0.05) is 13.3 Å². The summed E-state index contributed by atoms with van der Waals surface area (Å²) in [6.45, 7) is 4.83. The quantitative estimate of drug-likeness (QED) is 0.784. The molecule has 0 amide bonds. The van der Waals surface area contributed by atoms with Gasteiger partial charge >= 0.3 is 0 Å². The molecule has 0 unspecified atom stereocenters. The van der Waals surface area contributed by atoms with Crippen molar-refractivity contribution >= 4 is 21.5 Å². The van der Waals surface area contributed by atoms with Crippen molar-refractivity contribution in [3.8, 4) is 5.75 Å². The molecule has 1 aromatic heterocycles. The Bertz CT molecular complexity index is 412. The van der Waals surface area contributed by atoms with Gasteiger partial charge in [-0.2, -0.15) is 8.42 Å². The molecular formula is C11H21NO4S2. The molecular weight excluding hydrogens is 274 g/mol. The van der Waals surface area contributed by atoms with E-state index in [0.717, 1.165) is 12.1 Å². The molecule has 0 bridgehead atoms. The Morgan fingerprint density at radius 2 is 2.11 bits per heavy atom. The number of hydrogen-bond acceptors (Lipinski definition) is 5. The molecule has 0 aromatic carbocycles. The summed E-state index contributed by atoms with van der Waals surface area (Å²) in [5, 5.41) is 3.70. The number of ether oxygens (including phenoxy) is 1. The van der Waals surface area contributed by atoms with Gasteiger partial charge in [0.25, 0.3) is 10.1 Å². The summed E-state index contributed by atoms with van der Waals surface area (Å²) in [6.07, 6.45) is 2.39. The fourth-order valence-electron chi connectivity index (χ4n) is 0.958. The first-order valence-corrected chi connectivity index (χ1v) is 8.26. The molecule has 0 saturated carbocycles. The number of unbranched alkanes of at least 4 members (excludes halogenated alkanes) is 1. The predicted molar refractivity (Wildman–Crippen MR) is 74.9 cm³/mol. The van der Waals surface area contributed by atoms with Crippen LogP contribution in [0.25, 0.3) is 0 Å². The summed E-state index contributed by atoms with van der Waals surface area (Å²) >= 11 is 1.49. The van der Waals surface area contributed by atoms with Crippen LogP contribution < -0.4 is 10.5 Å². The van der Waals surface area contributed by atoms with Gasteiger partial charge in [0.2, 0.25) is 0 Å². The first-order valence-electron chi connectivity index (χ1n) is 5.71. The van der Waals surface area contributed by atoms with Gasteiger partial charge in [-0.15, -0.1) is 11.3 Å². The highest BCUT2D eigenvalue weighted by molar-refractivity contribution is 7.85. The second-order valence-corrected chi connectivity index (χ2v) is 6.01. The van der Waals surface area contributed by atoms with Crippen LogP contribution in [0.15, 0.2) is 10.8 Å². The molecule has 0 aliphatic rings. The predicted octanol–water partition coefficient (Wildman–Crippen LogP) is 2.07. The number of aryl methyl sites for hydroxylation is 1. The third-order valence-corrected chi connectivity index (χ3v) is 3.49. The lowest BCUT2D eigenvalue weighted by Gasteiger charge is -2.02. The third-order valence-electron chi connectivity index (χ3n) is 1.97. The lowest BCUT2D eigenvalue weighted by atomic mass is 10.3. The highest BCUT2D eigenvalue weighted by atomic mass is 32.2. The van der Waals surface area contributed by atoms with E-state index in [4.69, 9.17) is 15.0 Å². The monoisotopic (exact) mass is 295 g/mol. The number of thiophene rings is 1. The minimum absolute atomic E-state index is 0.0175. The fraction of sp³-hybridized carbons (Fsp3) is 0.636. The summed E-state index contributed by atoms with van der Waals surface area (Å²) in [4.78, 5) is 0. The Kier molecular flexibility index (Phi) is 8.99. The van der Waals surface area contributed by atoms with Crippen LogP contribution in [-0.4, -0.2) is 31.9 Å². The van der Waals surface area contributed by atoms with E-state index in [1.165, 1.54) is 24.2 Å². The lowest BCUT2D eigenvalue weighted by molar-refractivity contribution is 0.335. The van der Waals surface area contributed by atoms with Crippen molar-refractivity contribution in [1.29, 1.82) is 0 Å². The zero-order valence-electron chi connectivity index (χ0n) is 10.8. The first kappa shape index (κ1) is 17.4. The van der Waals surface area contributed by atoms with Crippen LogP contribution in [0, 0.1) is 6.92 Å². The maximum absolute atomic E-state index is 10.3. The molecule has 7 heteroatoms. The normalized spacial score (nSPS) is 10.7. The number of rotatable bonds is 6. The van der Waals surface area contributed by atoms with Crippen molar-refractivity contribution in [2.75, 3.05) is 18.9 Å². The Labute approximate surface area is 113 Å². The Morgan fingerprint density at radius 3 is 2.44 bits per heavy atom. The van der Waals surface area contributed by atoms with Crippen LogP contribution in [0.4, 0.5) is 0 Å². The van der Waals surface area contributed by atoms with E-state index in [9.17, 15) is 8.42 Å². The molecule has 3 N–H and O–H groups in total. The standard InChI is InChI=1S/C7H10O4S2.C4H11N/c1-6-4-12-5-7(6)11-2-3-13(8,9)10;1-2-3-4-5/h4-5H,2-3H2,1H3,(H,8,9,10);2-5H2,1H3. The van der Waals surface area contributed by atoms with Crippen molar-refractivity contribution in [2.45, 2.75) is 26.7 Å². The van der Waals surface area contributed by atoms with Crippen molar-refractivity contribution in [3.63, 3.8) is 0 Å². The van der Waals surface area contributed by atoms with Gasteiger partial charge in [0, 0.05) is 10.9 Å². The Morgan fingerprint density at radius 1 is 1.44 bits per heavy atom. The molecule has 1 aromatic rings. The Balaban J connectivity index is 0.000000494. The molecule has 5 nitrogen and oxygen atoms in total. The molecule has 0 aliphatic heterocycles. The maximum atomic E-state index is 10.3. The largest absolute Gasteiger partial charge is 0.491 e. The van der Waals surface area contributed by atoms with Gasteiger partial charge in [0.1, 0.15) is 18.1 Å². The summed E-state index contributed by atoms with van der Waals surface area (Å²) in [6, 6.07) is 0. The molecule has 1 rings (SSSR count). The topological polar surface area (TPSA) is 89.6 Å². The molecule has 106 valence electrons. The van der Waals surface area contributed by atoms with E-state index in [0.29, 0.717) is 5.75 Å². The molecule has 18 heavy (non-hydrogen) atoms. The fourth-order valence-corrected chi connectivity index (χ4v) is 2.02. The Hall–Kier alpha value is -0.630. The maximum Gasteiger partial charge on any atom is 0.268 e. The van der Waals surface area contributed by atoms with Gasteiger partial charge < -0.3 is 10.5 Å². The van der Waals surface area contributed by atoms with Crippen molar-refractivity contribution < 1.29 is 17.7 Å². The number of hydrogen-bond donors (Lipinski definition) is 2. The summed E-state index contributed by atoms with van der Waals surface area (Å²) in [7, 11) is -3.91. The third kappa shape index (κ3) is 9.41. The summed E-state index contributed by atoms with van der Waals surface area (Å²) in [5.74, 6) is 0.302. The molecule has 0 saturated heterocycles. The number of nitrogens with two attached hydrogens (primary N) is 1.